The third kappa shape index (κ3) is 7.59. The first kappa shape index (κ1) is 34.9. The molecule has 6 aromatic rings. The molecule has 0 bridgehead atoms. The van der Waals surface area contributed by atoms with E-state index in [1.165, 1.54) is 54.9 Å². The topological polar surface area (TPSA) is 0 Å². The first-order valence-electron chi connectivity index (χ1n) is 18.3. The maximum absolute atomic E-state index is 4.97. The van der Waals surface area contributed by atoms with Gasteiger partial charge < -0.3 is 0 Å². The minimum atomic E-state index is -0.741. The number of benzene rings is 6. The molecule has 0 fully saturated rings. The molecule has 0 radical (unpaired) electrons. The molecule has 0 heteroatoms. The summed E-state index contributed by atoms with van der Waals surface area (Å²) in [6.07, 6.45) is 31.5. The van der Waals surface area contributed by atoms with Crippen molar-refractivity contribution < 1.29 is 0 Å². The van der Waals surface area contributed by atoms with Crippen molar-refractivity contribution in [3.8, 4) is 0 Å². The third-order valence-corrected chi connectivity index (χ3v) is 10.1. The van der Waals surface area contributed by atoms with Crippen molar-refractivity contribution in [2.75, 3.05) is 0 Å². The lowest BCUT2D eigenvalue weighted by atomic mass is 9.62. The molecule has 0 spiro atoms. The highest BCUT2D eigenvalue weighted by molar-refractivity contribution is 5.94. The van der Waals surface area contributed by atoms with Crippen LogP contribution in [0.1, 0.15) is 33.4 Å². The Hall–Kier alpha value is -6.50. The Morgan fingerprint density at radius 2 is 1.32 bits per heavy atom. The Balaban J connectivity index is 1.52. The molecule has 0 N–H and O–H groups in total. The van der Waals surface area contributed by atoms with Crippen LogP contribution in [0.4, 0.5) is 0 Å². The monoisotopic (exact) mass is 680 g/mol. The molecule has 0 heterocycles. The summed E-state index contributed by atoms with van der Waals surface area (Å²) in [5, 5.41) is 4.79. The molecule has 1 atom stereocenters. The molecule has 0 nitrogen and oxygen atoms in total. The second-order valence-corrected chi connectivity index (χ2v) is 13.4. The predicted octanol–water partition coefficient (Wildman–Crippen LogP) is 13.6. The van der Waals surface area contributed by atoms with Gasteiger partial charge in [-0.3, -0.25) is 0 Å². The maximum atomic E-state index is 4.97. The van der Waals surface area contributed by atoms with Gasteiger partial charge in [0.1, 0.15) is 0 Å². The highest BCUT2D eigenvalue weighted by atomic mass is 14.4. The Labute approximate surface area is 314 Å². The lowest BCUT2D eigenvalue weighted by molar-refractivity contribution is 0.737. The molecule has 1 aliphatic rings. The van der Waals surface area contributed by atoms with Crippen LogP contribution in [0.25, 0.3) is 27.6 Å². The summed E-state index contributed by atoms with van der Waals surface area (Å²) < 4.78 is 0. The smallest absolute Gasteiger partial charge is 0.0704 e. The lowest BCUT2D eigenvalue weighted by Gasteiger charge is -2.40. The summed E-state index contributed by atoms with van der Waals surface area (Å²) in [5.74, 6) is 0. The van der Waals surface area contributed by atoms with Crippen LogP contribution in [-0.2, 0) is 18.3 Å². The maximum Gasteiger partial charge on any atom is 0.0704 e. The van der Waals surface area contributed by atoms with Crippen LogP contribution in [0.15, 0.2) is 237 Å². The van der Waals surface area contributed by atoms with E-state index in [1.54, 1.807) is 0 Å². The molecule has 7 rings (SSSR count). The summed E-state index contributed by atoms with van der Waals surface area (Å²) in [4.78, 5) is 0. The van der Waals surface area contributed by atoms with E-state index in [0.717, 1.165) is 24.0 Å². The standard InChI is InChI=1S/C53H44/c1-3-4-5-15-33-50-49-32-20-18-28-45(49)36-38-52(50)53(48-37-35-44-27-16-17-31-47(44)40-48)41(2)22-9-6-10-23-42(39-43-24-11-7-12-25-43)26-13-8-14-29-46-30-19-21-34-51(46)53/h3-28,30-38,40H,1-2,29,39H2/b5-4-,10-6+,14-8-,22-9+,26-13-,33-15-,42-23+. The molecule has 6 aromatic carbocycles. The van der Waals surface area contributed by atoms with E-state index in [1.807, 2.05) is 18.2 Å². The normalized spacial score (nSPS) is 19.9. The van der Waals surface area contributed by atoms with Gasteiger partial charge in [-0.25, -0.2) is 0 Å². The van der Waals surface area contributed by atoms with E-state index >= 15 is 0 Å². The zero-order valence-electron chi connectivity index (χ0n) is 30.1. The van der Waals surface area contributed by atoms with Gasteiger partial charge in [0.25, 0.3) is 0 Å². The van der Waals surface area contributed by atoms with Crippen molar-refractivity contribution in [1.82, 2.24) is 0 Å². The van der Waals surface area contributed by atoms with Gasteiger partial charge in [0.2, 0.25) is 0 Å². The zero-order valence-corrected chi connectivity index (χ0v) is 30.1. The molecular weight excluding hydrogens is 637 g/mol. The second kappa shape index (κ2) is 16.7. The van der Waals surface area contributed by atoms with Crippen molar-refractivity contribution in [3.05, 3.63) is 270 Å². The summed E-state index contributed by atoms with van der Waals surface area (Å²) in [6.45, 7) is 8.86. The Kier molecular flexibility index (Phi) is 11.0. The van der Waals surface area contributed by atoms with Gasteiger partial charge >= 0.3 is 0 Å². The number of rotatable bonds is 7. The van der Waals surface area contributed by atoms with E-state index in [9.17, 15) is 0 Å². The van der Waals surface area contributed by atoms with Crippen LogP contribution in [-0.4, -0.2) is 0 Å². The minimum absolute atomic E-state index is 0.741. The van der Waals surface area contributed by atoms with Crippen LogP contribution in [0.3, 0.4) is 0 Å². The molecule has 0 aliphatic heterocycles. The van der Waals surface area contributed by atoms with E-state index < -0.39 is 5.41 Å². The summed E-state index contributed by atoms with van der Waals surface area (Å²) in [5.41, 5.74) is 8.75. The molecule has 53 heavy (non-hydrogen) atoms. The molecule has 0 saturated carbocycles. The number of fused-ring (bicyclic) bond motifs is 3. The van der Waals surface area contributed by atoms with Crippen molar-refractivity contribution in [3.63, 3.8) is 0 Å². The van der Waals surface area contributed by atoms with Crippen LogP contribution >= 0.6 is 0 Å². The fourth-order valence-electron chi connectivity index (χ4n) is 7.57. The SMILES string of the molecule is C=C/C=C\C=C/c1c(C2(c3ccc4ccccc4c3)C(=C)/C=C/C=C/C=C(Cc3ccccc3)\C=C/C=C\Cc3ccccc32)ccc2ccccc12. The summed E-state index contributed by atoms with van der Waals surface area (Å²) in [7, 11) is 0. The van der Waals surface area contributed by atoms with E-state index in [0.29, 0.717) is 0 Å². The van der Waals surface area contributed by atoms with Gasteiger partial charge in [0.05, 0.1) is 5.41 Å². The Morgan fingerprint density at radius 3 is 2.19 bits per heavy atom. The molecule has 256 valence electrons. The second-order valence-electron chi connectivity index (χ2n) is 13.4. The summed E-state index contributed by atoms with van der Waals surface area (Å²) in [6, 6.07) is 48.4. The first-order valence-corrected chi connectivity index (χ1v) is 18.3. The van der Waals surface area contributed by atoms with Crippen LogP contribution in [0, 0.1) is 0 Å². The van der Waals surface area contributed by atoms with Gasteiger partial charge in [-0.05, 0) is 85.0 Å². The average molecular weight is 681 g/mol. The first-order chi connectivity index (χ1) is 26.2. The molecule has 1 aliphatic carbocycles. The number of allylic oxidation sites excluding steroid dienone is 15. The van der Waals surface area contributed by atoms with Gasteiger partial charge in [-0.15, -0.1) is 0 Å². The fourth-order valence-corrected chi connectivity index (χ4v) is 7.57. The highest BCUT2D eigenvalue weighted by Crippen LogP contribution is 2.50. The van der Waals surface area contributed by atoms with E-state index in [-0.39, 0.29) is 0 Å². The molecule has 0 amide bonds. The van der Waals surface area contributed by atoms with Crippen molar-refractivity contribution in [2.45, 2.75) is 18.3 Å². The van der Waals surface area contributed by atoms with Crippen molar-refractivity contribution in [2.24, 2.45) is 0 Å². The molecule has 1 unspecified atom stereocenters. The summed E-state index contributed by atoms with van der Waals surface area (Å²) >= 11 is 0. The van der Waals surface area contributed by atoms with Crippen molar-refractivity contribution in [1.29, 1.82) is 0 Å². The quantitative estimate of drug-likeness (QED) is 0.147. The zero-order chi connectivity index (χ0) is 36.3. The average Bonchev–Trinajstić information content (AvgIpc) is 3.20. The third-order valence-electron chi connectivity index (χ3n) is 10.1. The van der Waals surface area contributed by atoms with Gasteiger partial charge in [0, 0.05) is 0 Å². The highest BCUT2D eigenvalue weighted by Gasteiger charge is 2.41. The number of hydrogen-bond donors (Lipinski definition) is 0. The van der Waals surface area contributed by atoms with E-state index in [4.69, 9.17) is 6.58 Å². The Morgan fingerprint density at radius 1 is 0.585 bits per heavy atom. The minimum Gasteiger partial charge on any atom is -0.0991 e. The van der Waals surface area contributed by atoms with Gasteiger partial charge in [-0.1, -0.05) is 226 Å². The van der Waals surface area contributed by atoms with Crippen LogP contribution in [0.2, 0.25) is 0 Å². The fraction of sp³-hybridized carbons (Fsp3) is 0.0566. The Bertz CT molecular complexity index is 2470. The largest absolute Gasteiger partial charge is 0.0991 e. The molecule has 0 aromatic heterocycles. The van der Waals surface area contributed by atoms with Gasteiger partial charge in [0.15, 0.2) is 0 Å². The van der Waals surface area contributed by atoms with Crippen molar-refractivity contribution >= 4 is 27.6 Å². The van der Waals surface area contributed by atoms with Crippen LogP contribution in [0.5, 0.6) is 0 Å². The molecule has 0 saturated heterocycles. The van der Waals surface area contributed by atoms with Gasteiger partial charge in [-0.2, -0.15) is 0 Å². The number of hydrogen-bond acceptors (Lipinski definition) is 0. The van der Waals surface area contributed by atoms with E-state index in [2.05, 4.69) is 207 Å². The predicted molar refractivity (Wildman–Crippen MR) is 230 cm³/mol. The lowest BCUT2D eigenvalue weighted by Crippen LogP contribution is -2.33. The molecular formula is C53H44. The van der Waals surface area contributed by atoms with Crippen LogP contribution < -0.4 is 0 Å².